The predicted molar refractivity (Wildman–Crippen MR) is 250 cm³/mol. The van der Waals surface area contributed by atoms with E-state index in [0.717, 1.165) is 38.5 Å². The van der Waals surface area contributed by atoms with Crippen molar-refractivity contribution >= 4 is 5.91 Å². The number of amides is 1. The molecule has 338 valence electrons. The van der Waals surface area contributed by atoms with Gasteiger partial charge in [-0.15, -0.1) is 0 Å². The zero-order valence-electron chi connectivity index (χ0n) is 38.5. The molecule has 0 saturated carbocycles. The summed E-state index contributed by atoms with van der Waals surface area (Å²) in [6, 6.07) is -0.822. The predicted octanol–water partition coefficient (Wildman–Crippen LogP) is 15.3. The van der Waals surface area contributed by atoms with Crippen LogP contribution in [0.1, 0.15) is 277 Å². The van der Waals surface area contributed by atoms with Crippen LogP contribution in [0.15, 0.2) is 24.3 Å². The van der Waals surface area contributed by atoms with E-state index in [1.807, 2.05) is 0 Å². The van der Waals surface area contributed by atoms with Gasteiger partial charge in [0.05, 0.1) is 18.8 Å². The average molecular weight is 804 g/mol. The molecule has 0 bridgehead atoms. The SMILES string of the molecule is CCCCCCC/C=C/CCCC(O)C(O)C(CO)NC(=O)CCCCCCCCCCCCCCCCCCC/C=C\CCCCCCCCCCCCCC. The first-order chi connectivity index (χ1) is 28.1. The Bertz CT molecular complexity index is 844. The molecule has 0 aromatic carbocycles. The Morgan fingerprint density at radius 2 is 0.702 bits per heavy atom. The van der Waals surface area contributed by atoms with Crippen molar-refractivity contribution in [2.45, 2.75) is 295 Å². The minimum Gasteiger partial charge on any atom is -0.394 e. The maximum atomic E-state index is 12.4. The Morgan fingerprint density at radius 3 is 1.02 bits per heavy atom. The van der Waals surface area contributed by atoms with E-state index in [2.05, 4.69) is 43.5 Å². The zero-order valence-corrected chi connectivity index (χ0v) is 38.5. The summed E-state index contributed by atoms with van der Waals surface area (Å²) in [7, 11) is 0. The van der Waals surface area contributed by atoms with Crippen molar-refractivity contribution < 1.29 is 20.1 Å². The van der Waals surface area contributed by atoms with Crippen molar-refractivity contribution in [2.24, 2.45) is 0 Å². The van der Waals surface area contributed by atoms with Crippen molar-refractivity contribution in [1.29, 1.82) is 0 Å². The summed E-state index contributed by atoms with van der Waals surface area (Å²) in [4.78, 5) is 12.4. The Morgan fingerprint density at radius 1 is 0.421 bits per heavy atom. The number of hydrogen-bond acceptors (Lipinski definition) is 4. The molecule has 0 aliphatic heterocycles. The number of rotatable bonds is 47. The van der Waals surface area contributed by atoms with Crippen LogP contribution in [0.2, 0.25) is 0 Å². The van der Waals surface area contributed by atoms with E-state index in [1.54, 1.807) is 0 Å². The van der Waals surface area contributed by atoms with Gasteiger partial charge in [0, 0.05) is 6.42 Å². The number of unbranched alkanes of at least 4 members (excludes halogenated alkanes) is 35. The van der Waals surface area contributed by atoms with Gasteiger partial charge in [0.25, 0.3) is 0 Å². The lowest BCUT2D eigenvalue weighted by Crippen LogP contribution is -2.50. The van der Waals surface area contributed by atoms with Crippen molar-refractivity contribution in [3.05, 3.63) is 24.3 Å². The van der Waals surface area contributed by atoms with Gasteiger partial charge in [-0.3, -0.25) is 4.79 Å². The molecule has 5 heteroatoms. The number of allylic oxidation sites excluding steroid dienone is 4. The number of aliphatic hydroxyl groups is 3. The standard InChI is InChI=1S/C52H101NO4/c1-3-5-7-9-11-13-15-16-17-18-19-20-21-22-23-24-25-26-27-28-29-30-31-32-33-34-35-36-37-39-41-43-45-47-51(56)53-49(48-54)52(57)50(55)46-44-42-40-38-14-12-10-8-6-4-2/h22-23,38,40,49-50,52,54-55,57H,3-21,24-37,39,41-48H2,1-2H3,(H,53,56)/b23-22-,40-38+. The van der Waals surface area contributed by atoms with Crippen molar-refractivity contribution in [2.75, 3.05) is 6.61 Å². The third-order valence-corrected chi connectivity index (χ3v) is 12.0. The summed E-state index contributed by atoms with van der Waals surface area (Å²) in [5.74, 6) is -0.152. The summed E-state index contributed by atoms with van der Waals surface area (Å²) in [6.45, 7) is 4.15. The van der Waals surface area contributed by atoms with Crippen LogP contribution in [0, 0.1) is 0 Å². The largest absolute Gasteiger partial charge is 0.394 e. The molecule has 3 unspecified atom stereocenters. The fourth-order valence-corrected chi connectivity index (χ4v) is 8.04. The maximum absolute atomic E-state index is 12.4. The zero-order chi connectivity index (χ0) is 41.5. The molecular formula is C52H101NO4. The molecule has 0 aliphatic carbocycles. The molecule has 0 heterocycles. The molecule has 0 rings (SSSR count). The quantitative estimate of drug-likeness (QED) is 0.0364. The molecule has 0 radical (unpaired) electrons. The number of aliphatic hydroxyl groups excluding tert-OH is 3. The highest BCUT2D eigenvalue weighted by Gasteiger charge is 2.26. The van der Waals surface area contributed by atoms with Gasteiger partial charge in [-0.2, -0.15) is 0 Å². The first-order valence-electron chi connectivity index (χ1n) is 25.6. The van der Waals surface area contributed by atoms with E-state index in [9.17, 15) is 20.1 Å². The van der Waals surface area contributed by atoms with Crippen LogP contribution < -0.4 is 5.32 Å². The highest BCUT2D eigenvalue weighted by atomic mass is 16.3. The minimum absolute atomic E-state index is 0.152. The van der Waals surface area contributed by atoms with Gasteiger partial charge in [0.2, 0.25) is 5.91 Å². The van der Waals surface area contributed by atoms with Crippen LogP contribution in [0.5, 0.6) is 0 Å². The van der Waals surface area contributed by atoms with E-state index in [0.29, 0.717) is 12.8 Å². The molecule has 0 spiro atoms. The summed E-state index contributed by atoms with van der Waals surface area (Å²) in [5.41, 5.74) is 0. The van der Waals surface area contributed by atoms with Crippen molar-refractivity contribution in [3.8, 4) is 0 Å². The van der Waals surface area contributed by atoms with Gasteiger partial charge in [0.1, 0.15) is 6.10 Å². The molecule has 0 aromatic rings. The van der Waals surface area contributed by atoms with Gasteiger partial charge in [-0.25, -0.2) is 0 Å². The van der Waals surface area contributed by atoms with Crippen LogP contribution in [0.25, 0.3) is 0 Å². The van der Waals surface area contributed by atoms with Crippen molar-refractivity contribution in [1.82, 2.24) is 5.32 Å². The molecule has 0 saturated heterocycles. The highest BCUT2D eigenvalue weighted by Crippen LogP contribution is 2.17. The summed E-state index contributed by atoms with van der Waals surface area (Å²) < 4.78 is 0. The first-order valence-corrected chi connectivity index (χ1v) is 25.6. The fourth-order valence-electron chi connectivity index (χ4n) is 8.04. The van der Waals surface area contributed by atoms with Gasteiger partial charge in [0.15, 0.2) is 0 Å². The van der Waals surface area contributed by atoms with Gasteiger partial charge in [-0.1, -0.05) is 231 Å². The molecular weight excluding hydrogens is 703 g/mol. The molecule has 4 N–H and O–H groups in total. The van der Waals surface area contributed by atoms with E-state index < -0.39 is 18.2 Å². The minimum atomic E-state index is -1.15. The van der Waals surface area contributed by atoms with Crippen LogP contribution in [-0.4, -0.2) is 46.1 Å². The van der Waals surface area contributed by atoms with Crippen LogP contribution >= 0.6 is 0 Å². The van der Waals surface area contributed by atoms with Crippen LogP contribution in [0.4, 0.5) is 0 Å². The second kappa shape index (κ2) is 47.5. The van der Waals surface area contributed by atoms with Gasteiger partial charge in [-0.05, 0) is 64.2 Å². The summed E-state index contributed by atoms with van der Waals surface area (Å²) in [5, 5.41) is 33.4. The number of hydrogen-bond donors (Lipinski definition) is 4. The molecule has 3 atom stereocenters. The molecule has 0 aliphatic rings. The van der Waals surface area contributed by atoms with Gasteiger partial charge >= 0.3 is 0 Å². The van der Waals surface area contributed by atoms with Crippen LogP contribution in [0.3, 0.4) is 0 Å². The average Bonchev–Trinajstić information content (AvgIpc) is 3.22. The lowest BCUT2D eigenvalue weighted by molar-refractivity contribution is -0.124. The Labute approximate surface area is 356 Å². The number of nitrogens with one attached hydrogen (secondary N) is 1. The van der Waals surface area contributed by atoms with E-state index in [4.69, 9.17) is 0 Å². The number of carbonyl (C=O) groups is 1. The lowest BCUT2D eigenvalue weighted by atomic mass is 10.0. The van der Waals surface area contributed by atoms with E-state index in [-0.39, 0.29) is 12.5 Å². The monoisotopic (exact) mass is 804 g/mol. The fraction of sp³-hybridized carbons (Fsp3) is 0.904. The smallest absolute Gasteiger partial charge is 0.220 e. The van der Waals surface area contributed by atoms with E-state index in [1.165, 1.54) is 212 Å². The Kier molecular flexibility index (Phi) is 46.5. The Balaban J connectivity index is 3.45. The molecule has 0 fully saturated rings. The second-order valence-electron chi connectivity index (χ2n) is 17.7. The topological polar surface area (TPSA) is 89.8 Å². The molecule has 57 heavy (non-hydrogen) atoms. The third kappa shape index (κ3) is 42.8. The Hall–Kier alpha value is -1.17. The van der Waals surface area contributed by atoms with Gasteiger partial charge < -0.3 is 20.6 Å². The number of carbonyl (C=O) groups excluding carboxylic acids is 1. The normalized spacial score (nSPS) is 13.6. The molecule has 5 nitrogen and oxygen atoms in total. The molecule has 0 aromatic heterocycles. The maximum Gasteiger partial charge on any atom is 0.220 e. The van der Waals surface area contributed by atoms with Crippen molar-refractivity contribution in [3.63, 3.8) is 0 Å². The highest BCUT2D eigenvalue weighted by molar-refractivity contribution is 5.76. The third-order valence-electron chi connectivity index (χ3n) is 12.0. The first kappa shape index (κ1) is 55.8. The lowest BCUT2D eigenvalue weighted by Gasteiger charge is -2.26. The van der Waals surface area contributed by atoms with Crippen LogP contribution in [-0.2, 0) is 4.79 Å². The summed E-state index contributed by atoms with van der Waals surface area (Å²) >= 11 is 0. The molecule has 1 amide bonds. The summed E-state index contributed by atoms with van der Waals surface area (Å²) in [6.07, 6.45) is 59.1. The van der Waals surface area contributed by atoms with E-state index >= 15 is 0 Å². The second-order valence-corrected chi connectivity index (χ2v) is 17.7.